The number of rotatable bonds is 6. The molecule has 2 rings (SSSR count). The third kappa shape index (κ3) is 5.94. The number of halogens is 3. The molecule has 0 bridgehead atoms. The zero-order chi connectivity index (χ0) is 20.9. The second-order valence-electron chi connectivity index (χ2n) is 6.46. The number of amides is 2. The lowest BCUT2D eigenvalue weighted by Gasteiger charge is -2.35. The number of aliphatic hydroxyl groups excluding tert-OH is 1. The van der Waals surface area contributed by atoms with E-state index >= 15 is 0 Å². The molecule has 1 aliphatic rings. The predicted molar refractivity (Wildman–Crippen MR) is 91.7 cm³/mol. The summed E-state index contributed by atoms with van der Waals surface area (Å²) < 4.78 is 37.7. The summed E-state index contributed by atoms with van der Waals surface area (Å²) in [5.41, 5.74) is -0.926. The van der Waals surface area contributed by atoms with E-state index in [1.54, 1.807) is 9.80 Å². The first-order valence-electron chi connectivity index (χ1n) is 8.66. The largest absolute Gasteiger partial charge is 0.465 e. The van der Waals surface area contributed by atoms with Gasteiger partial charge in [0, 0.05) is 58.1 Å². The molecule has 156 valence electrons. The van der Waals surface area contributed by atoms with Crippen LogP contribution in [0.1, 0.15) is 18.9 Å². The Morgan fingerprint density at radius 3 is 2.25 bits per heavy atom. The molecule has 2 amide bonds. The first-order chi connectivity index (χ1) is 13.1. The summed E-state index contributed by atoms with van der Waals surface area (Å²) in [7, 11) is 0. The van der Waals surface area contributed by atoms with E-state index in [-0.39, 0.29) is 31.4 Å². The van der Waals surface area contributed by atoms with Crippen molar-refractivity contribution >= 4 is 17.9 Å². The molecule has 1 aromatic rings. The lowest BCUT2D eigenvalue weighted by Crippen LogP contribution is -2.50. The van der Waals surface area contributed by atoms with Crippen molar-refractivity contribution < 1.29 is 33.0 Å². The average molecular weight is 405 g/mol. The molecule has 1 aromatic heterocycles. The maximum absolute atomic E-state index is 12.6. The molecule has 1 saturated heterocycles. The van der Waals surface area contributed by atoms with Crippen LogP contribution in [0.25, 0.3) is 0 Å². The van der Waals surface area contributed by atoms with Crippen molar-refractivity contribution in [1.29, 1.82) is 0 Å². The number of piperazine rings is 1. The van der Waals surface area contributed by atoms with Crippen LogP contribution in [0.3, 0.4) is 0 Å². The van der Waals surface area contributed by atoms with Crippen LogP contribution in [0, 0.1) is 0 Å². The van der Waals surface area contributed by atoms with Crippen LogP contribution < -0.4 is 4.90 Å². The maximum Gasteiger partial charge on any atom is 0.419 e. The Kier molecular flexibility index (Phi) is 7.00. The third-order valence-electron chi connectivity index (χ3n) is 4.23. The molecule has 2 heterocycles. The summed E-state index contributed by atoms with van der Waals surface area (Å²) in [6.07, 6.45) is -5.11. The first kappa shape index (κ1) is 21.7. The van der Waals surface area contributed by atoms with Gasteiger partial charge in [-0.1, -0.05) is 0 Å². The molecule has 1 atom stereocenters. The van der Waals surface area contributed by atoms with E-state index in [0.717, 1.165) is 17.3 Å². The Bertz CT molecular complexity index is 676. The van der Waals surface area contributed by atoms with Gasteiger partial charge in [0.1, 0.15) is 0 Å². The molecule has 0 spiro atoms. The highest BCUT2D eigenvalue weighted by Crippen LogP contribution is 2.28. The van der Waals surface area contributed by atoms with E-state index in [4.69, 9.17) is 5.11 Å². The van der Waals surface area contributed by atoms with Crippen LogP contribution >= 0.6 is 0 Å². The second-order valence-corrected chi connectivity index (χ2v) is 6.46. The Morgan fingerprint density at radius 2 is 1.79 bits per heavy atom. The molecular weight excluding hydrogens is 383 g/mol. The Morgan fingerprint density at radius 1 is 1.21 bits per heavy atom. The van der Waals surface area contributed by atoms with Crippen molar-refractivity contribution in [2.75, 3.05) is 44.2 Å². The molecule has 28 heavy (non-hydrogen) atoms. The average Bonchev–Trinajstić information content (AvgIpc) is 2.64. The lowest BCUT2D eigenvalue weighted by atomic mass is 10.2. The van der Waals surface area contributed by atoms with Gasteiger partial charge >= 0.3 is 12.3 Å². The van der Waals surface area contributed by atoms with Gasteiger partial charge in [-0.2, -0.15) is 13.2 Å². The summed E-state index contributed by atoms with van der Waals surface area (Å²) in [4.78, 5) is 35.1. The minimum Gasteiger partial charge on any atom is -0.465 e. The molecule has 1 aliphatic heterocycles. The predicted octanol–water partition coefficient (Wildman–Crippen LogP) is 0.895. The Labute approximate surface area is 159 Å². The van der Waals surface area contributed by atoms with Gasteiger partial charge in [-0.25, -0.2) is 14.8 Å². The van der Waals surface area contributed by atoms with E-state index in [1.807, 2.05) is 0 Å². The van der Waals surface area contributed by atoms with Crippen LogP contribution in [0.4, 0.5) is 23.9 Å². The first-order valence-corrected chi connectivity index (χ1v) is 8.66. The number of carbonyl (C=O) groups is 2. The fourth-order valence-corrected chi connectivity index (χ4v) is 2.76. The van der Waals surface area contributed by atoms with Crippen LogP contribution in [-0.2, 0) is 11.0 Å². The molecular formula is C16H22F3N5O4. The highest BCUT2D eigenvalue weighted by molar-refractivity contribution is 5.77. The smallest absolute Gasteiger partial charge is 0.419 e. The number of hydrogen-bond acceptors (Lipinski definition) is 6. The fourth-order valence-electron chi connectivity index (χ4n) is 2.76. The molecule has 0 aromatic carbocycles. The standard InChI is InChI=1S/C16H22F3N5O4/c1-11(25)10-24(15(27)28)3-2-13(26)22-4-6-23(7-5-22)14-20-8-12(9-21-14)16(17,18)19/h8-9,11,25H,2-7,10H2,1H3,(H,27,28)/t11-/m0/s1. The number of alkyl halides is 3. The number of aromatic nitrogens is 2. The fraction of sp³-hybridized carbons (Fsp3) is 0.625. The molecule has 9 nitrogen and oxygen atoms in total. The van der Waals surface area contributed by atoms with Crippen molar-refractivity contribution in [2.45, 2.75) is 25.6 Å². The minimum absolute atomic E-state index is 0.0181. The van der Waals surface area contributed by atoms with Crippen molar-refractivity contribution in [3.63, 3.8) is 0 Å². The molecule has 0 saturated carbocycles. The summed E-state index contributed by atoms with van der Waals surface area (Å²) in [5.74, 6) is -0.0704. The van der Waals surface area contributed by atoms with Gasteiger partial charge in [-0.15, -0.1) is 0 Å². The van der Waals surface area contributed by atoms with Crippen LogP contribution in [0.2, 0.25) is 0 Å². The van der Waals surface area contributed by atoms with Crippen molar-refractivity contribution in [3.05, 3.63) is 18.0 Å². The van der Waals surface area contributed by atoms with E-state index in [0.29, 0.717) is 26.2 Å². The van der Waals surface area contributed by atoms with Gasteiger partial charge in [0.2, 0.25) is 11.9 Å². The minimum atomic E-state index is -4.50. The zero-order valence-electron chi connectivity index (χ0n) is 15.3. The normalized spacial score (nSPS) is 16.0. The number of anilines is 1. The van der Waals surface area contributed by atoms with E-state index in [9.17, 15) is 27.9 Å². The summed E-state index contributed by atoms with van der Waals surface area (Å²) in [6, 6.07) is 0. The van der Waals surface area contributed by atoms with Gasteiger partial charge in [-0.05, 0) is 6.92 Å². The highest BCUT2D eigenvalue weighted by atomic mass is 19.4. The zero-order valence-corrected chi connectivity index (χ0v) is 15.3. The van der Waals surface area contributed by atoms with Crippen LogP contribution in [-0.4, -0.2) is 87.4 Å². The SMILES string of the molecule is C[C@H](O)CN(CCC(=O)N1CCN(c2ncc(C(F)(F)F)cn2)CC1)C(=O)O. The lowest BCUT2D eigenvalue weighted by molar-refractivity contribution is -0.138. The topological polar surface area (TPSA) is 110 Å². The van der Waals surface area contributed by atoms with Crippen molar-refractivity contribution in [3.8, 4) is 0 Å². The maximum atomic E-state index is 12.6. The van der Waals surface area contributed by atoms with Gasteiger partial charge in [0.05, 0.1) is 11.7 Å². The molecule has 12 heteroatoms. The molecule has 2 N–H and O–H groups in total. The number of carbonyl (C=O) groups excluding carboxylic acids is 1. The molecule has 1 fully saturated rings. The van der Waals surface area contributed by atoms with E-state index < -0.39 is 23.9 Å². The molecule has 0 aliphatic carbocycles. The number of nitrogens with zero attached hydrogens (tertiary/aromatic N) is 5. The quantitative estimate of drug-likeness (QED) is 0.723. The molecule has 0 unspecified atom stereocenters. The van der Waals surface area contributed by atoms with Crippen LogP contribution in [0.5, 0.6) is 0 Å². The number of aliphatic hydroxyl groups is 1. The Hall–Kier alpha value is -2.63. The third-order valence-corrected chi connectivity index (χ3v) is 4.23. The highest BCUT2D eigenvalue weighted by Gasteiger charge is 2.32. The molecule has 0 radical (unpaired) electrons. The van der Waals surface area contributed by atoms with Gasteiger partial charge < -0.3 is 24.9 Å². The van der Waals surface area contributed by atoms with E-state index in [1.165, 1.54) is 6.92 Å². The number of hydrogen-bond donors (Lipinski definition) is 2. The summed E-state index contributed by atoms with van der Waals surface area (Å²) in [5, 5.41) is 18.4. The van der Waals surface area contributed by atoms with Crippen LogP contribution in [0.15, 0.2) is 12.4 Å². The second kappa shape index (κ2) is 9.04. The summed E-state index contributed by atoms with van der Waals surface area (Å²) in [6.45, 7) is 2.71. The van der Waals surface area contributed by atoms with Gasteiger partial charge in [0.15, 0.2) is 0 Å². The Balaban J connectivity index is 1.84. The summed E-state index contributed by atoms with van der Waals surface area (Å²) >= 11 is 0. The van der Waals surface area contributed by atoms with Gasteiger partial charge in [-0.3, -0.25) is 4.79 Å². The monoisotopic (exact) mass is 405 g/mol. The van der Waals surface area contributed by atoms with Gasteiger partial charge in [0.25, 0.3) is 0 Å². The van der Waals surface area contributed by atoms with Crippen molar-refractivity contribution in [1.82, 2.24) is 19.8 Å². The van der Waals surface area contributed by atoms with E-state index in [2.05, 4.69) is 9.97 Å². The number of carboxylic acid groups (broad SMARTS) is 1. The van der Waals surface area contributed by atoms with Crippen molar-refractivity contribution in [2.24, 2.45) is 0 Å².